The van der Waals surface area contributed by atoms with Crippen molar-refractivity contribution in [2.24, 2.45) is 5.92 Å². The molecule has 0 bridgehead atoms. The summed E-state index contributed by atoms with van der Waals surface area (Å²) in [6.45, 7) is 5.07. The number of pyridine rings is 1. The van der Waals surface area contributed by atoms with Gasteiger partial charge < -0.3 is 15.2 Å². The number of rotatable bonds is 12. The molecule has 3 rings (SSSR count). The van der Waals surface area contributed by atoms with Gasteiger partial charge >= 0.3 is 5.97 Å². The Bertz CT molecular complexity index is 1040. The standard InChI is InChI=1S/C27H30N2O4/c1-19-7-5-8-20(2)26(19)24(30)18-22(27(31)32)17-21-10-12-23(13-11-21)33-16-6-15-29-25-9-3-4-14-28-25/h3-5,7-14,22H,6,15-18H2,1-2H3,(H,28,29)(H,31,32)/t22-/m1/s1. The highest BCUT2D eigenvalue weighted by Crippen LogP contribution is 2.22. The highest BCUT2D eigenvalue weighted by molar-refractivity contribution is 6.00. The lowest BCUT2D eigenvalue weighted by molar-refractivity contribution is -0.141. The summed E-state index contributed by atoms with van der Waals surface area (Å²) in [5.41, 5.74) is 3.24. The molecule has 0 radical (unpaired) electrons. The van der Waals surface area contributed by atoms with Crippen molar-refractivity contribution in [2.45, 2.75) is 33.1 Å². The van der Waals surface area contributed by atoms with Crippen LogP contribution >= 0.6 is 0 Å². The van der Waals surface area contributed by atoms with E-state index in [0.717, 1.165) is 41.2 Å². The predicted molar refractivity (Wildman–Crippen MR) is 129 cm³/mol. The lowest BCUT2D eigenvalue weighted by atomic mass is 9.89. The number of hydrogen-bond donors (Lipinski definition) is 2. The number of ether oxygens (including phenoxy) is 1. The fourth-order valence-electron chi connectivity index (χ4n) is 3.78. The third-order valence-electron chi connectivity index (χ3n) is 5.51. The van der Waals surface area contributed by atoms with E-state index >= 15 is 0 Å². The molecule has 0 spiro atoms. The Balaban J connectivity index is 1.49. The number of hydrogen-bond acceptors (Lipinski definition) is 5. The monoisotopic (exact) mass is 446 g/mol. The number of benzene rings is 2. The van der Waals surface area contributed by atoms with E-state index in [1.54, 1.807) is 6.20 Å². The van der Waals surface area contributed by atoms with Crippen LogP contribution in [0.4, 0.5) is 5.82 Å². The normalized spacial score (nSPS) is 11.6. The number of nitrogens with zero attached hydrogens (tertiary/aromatic N) is 1. The molecule has 0 amide bonds. The maximum atomic E-state index is 12.8. The zero-order valence-corrected chi connectivity index (χ0v) is 19.1. The van der Waals surface area contributed by atoms with Crippen molar-refractivity contribution in [3.63, 3.8) is 0 Å². The Morgan fingerprint density at radius 2 is 1.73 bits per heavy atom. The number of aryl methyl sites for hydroxylation is 2. The average molecular weight is 447 g/mol. The summed E-state index contributed by atoms with van der Waals surface area (Å²) in [4.78, 5) is 28.8. The van der Waals surface area contributed by atoms with Crippen LogP contribution < -0.4 is 10.1 Å². The Labute approximate surface area is 194 Å². The van der Waals surface area contributed by atoms with Crippen LogP contribution in [0.3, 0.4) is 0 Å². The Kier molecular flexibility index (Phi) is 8.58. The van der Waals surface area contributed by atoms with E-state index in [1.165, 1.54) is 0 Å². The molecule has 0 fully saturated rings. The number of carboxylic acids is 1. The zero-order valence-electron chi connectivity index (χ0n) is 19.1. The number of carbonyl (C=O) groups is 2. The molecular weight excluding hydrogens is 416 g/mol. The highest BCUT2D eigenvalue weighted by atomic mass is 16.5. The van der Waals surface area contributed by atoms with Crippen LogP contribution in [0.2, 0.25) is 0 Å². The number of carboxylic acid groups (broad SMARTS) is 1. The minimum absolute atomic E-state index is 0.0252. The van der Waals surface area contributed by atoms with E-state index in [4.69, 9.17) is 4.74 Å². The molecule has 2 N–H and O–H groups in total. The van der Waals surface area contributed by atoms with Gasteiger partial charge in [-0.2, -0.15) is 0 Å². The second-order valence-corrected chi connectivity index (χ2v) is 8.12. The topological polar surface area (TPSA) is 88.5 Å². The summed E-state index contributed by atoms with van der Waals surface area (Å²) >= 11 is 0. The molecule has 3 aromatic rings. The van der Waals surface area contributed by atoms with Gasteiger partial charge in [0.15, 0.2) is 5.78 Å². The van der Waals surface area contributed by atoms with Crippen LogP contribution in [-0.4, -0.2) is 35.0 Å². The van der Waals surface area contributed by atoms with Crippen molar-refractivity contribution in [1.82, 2.24) is 4.98 Å². The first-order chi connectivity index (χ1) is 15.9. The molecule has 1 aromatic heterocycles. The van der Waals surface area contributed by atoms with Crippen LogP contribution in [0.15, 0.2) is 66.9 Å². The first-order valence-electron chi connectivity index (χ1n) is 11.1. The molecule has 0 unspecified atom stereocenters. The second kappa shape index (κ2) is 11.8. The molecule has 0 saturated heterocycles. The second-order valence-electron chi connectivity index (χ2n) is 8.12. The van der Waals surface area contributed by atoms with Gasteiger partial charge in [-0.05, 0) is 67.6 Å². The minimum Gasteiger partial charge on any atom is -0.494 e. The van der Waals surface area contributed by atoms with Gasteiger partial charge in [-0.15, -0.1) is 0 Å². The lowest BCUT2D eigenvalue weighted by Crippen LogP contribution is -2.21. The molecule has 2 aromatic carbocycles. The van der Waals surface area contributed by atoms with Crippen molar-refractivity contribution in [1.29, 1.82) is 0 Å². The van der Waals surface area contributed by atoms with Crippen LogP contribution in [0.1, 0.15) is 39.9 Å². The van der Waals surface area contributed by atoms with Crippen LogP contribution in [0.25, 0.3) is 0 Å². The van der Waals surface area contributed by atoms with E-state index in [9.17, 15) is 14.7 Å². The van der Waals surface area contributed by atoms with E-state index in [2.05, 4.69) is 10.3 Å². The van der Waals surface area contributed by atoms with E-state index in [-0.39, 0.29) is 12.2 Å². The molecule has 6 heteroatoms. The Hall–Kier alpha value is -3.67. The van der Waals surface area contributed by atoms with Crippen molar-refractivity contribution < 1.29 is 19.4 Å². The molecule has 0 aliphatic rings. The number of Topliss-reactive ketones (excluding diaryl/α,β-unsaturated/α-hetero) is 1. The smallest absolute Gasteiger partial charge is 0.307 e. The molecule has 33 heavy (non-hydrogen) atoms. The molecule has 172 valence electrons. The maximum absolute atomic E-state index is 12.8. The number of anilines is 1. The molecule has 0 saturated carbocycles. The number of carbonyl (C=O) groups excluding carboxylic acids is 1. The third-order valence-corrected chi connectivity index (χ3v) is 5.51. The van der Waals surface area contributed by atoms with Crippen LogP contribution in [0, 0.1) is 19.8 Å². The van der Waals surface area contributed by atoms with Crippen LogP contribution in [-0.2, 0) is 11.2 Å². The quantitative estimate of drug-likeness (QED) is 0.297. The SMILES string of the molecule is Cc1cccc(C)c1C(=O)C[C@@H](Cc1ccc(OCCCNc2ccccn2)cc1)C(=O)O. The van der Waals surface area contributed by atoms with E-state index < -0.39 is 11.9 Å². The highest BCUT2D eigenvalue weighted by Gasteiger charge is 2.24. The minimum atomic E-state index is -0.963. The van der Waals surface area contributed by atoms with Gasteiger partial charge in [0, 0.05) is 24.7 Å². The molecule has 0 aliphatic heterocycles. The number of aromatic nitrogens is 1. The van der Waals surface area contributed by atoms with E-state index in [0.29, 0.717) is 18.6 Å². The summed E-state index contributed by atoms with van der Waals surface area (Å²) < 4.78 is 5.77. The summed E-state index contributed by atoms with van der Waals surface area (Å²) in [5.74, 6) is -0.297. The summed E-state index contributed by atoms with van der Waals surface area (Å²) in [6.07, 6.45) is 2.83. The molecule has 0 aliphatic carbocycles. The third kappa shape index (κ3) is 7.17. The fourth-order valence-corrected chi connectivity index (χ4v) is 3.78. The molecule has 1 heterocycles. The summed E-state index contributed by atoms with van der Waals surface area (Å²) in [5, 5.41) is 12.9. The average Bonchev–Trinajstić information content (AvgIpc) is 2.80. The maximum Gasteiger partial charge on any atom is 0.307 e. The van der Waals surface area contributed by atoms with Crippen molar-refractivity contribution in [2.75, 3.05) is 18.5 Å². The number of nitrogens with one attached hydrogen (secondary N) is 1. The van der Waals surface area contributed by atoms with Crippen molar-refractivity contribution >= 4 is 17.6 Å². The summed E-state index contributed by atoms with van der Waals surface area (Å²) in [7, 11) is 0. The van der Waals surface area contributed by atoms with Crippen LogP contribution in [0.5, 0.6) is 5.75 Å². The Morgan fingerprint density at radius 1 is 1.00 bits per heavy atom. The Morgan fingerprint density at radius 3 is 2.36 bits per heavy atom. The van der Waals surface area contributed by atoms with Gasteiger partial charge in [0.2, 0.25) is 0 Å². The first-order valence-corrected chi connectivity index (χ1v) is 11.1. The van der Waals surface area contributed by atoms with Gasteiger partial charge in [-0.1, -0.05) is 36.4 Å². The number of ketones is 1. The van der Waals surface area contributed by atoms with Gasteiger partial charge in [-0.3, -0.25) is 9.59 Å². The van der Waals surface area contributed by atoms with Crippen molar-refractivity contribution in [3.05, 3.63) is 89.1 Å². The largest absolute Gasteiger partial charge is 0.494 e. The zero-order chi connectivity index (χ0) is 23.6. The number of aliphatic carboxylic acids is 1. The van der Waals surface area contributed by atoms with Gasteiger partial charge in [0.1, 0.15) is 11.6 Å². The van der Waals surface area contributed by atoms with Gasteiger partial charge in [-0.25, -0.2) is 4.98 Å². The first kappa shape index (κ1) is 24.0. The van der Waals surface area contributed by atoms with Gasteiger partial charge in [0.05, 0.1) is 12.5 Å². The van der Waals surface area contributed by atoms with Crippen molar-refractivity contribution in [3.8, 4) is 5.75 Å². The molecular formula is C27H30N2O4. The van der Waals surface area contributed by atoms with E-state index in [1.807, 2.05) is 74.5 Å². The molecule has 6 nitrogen and oxygen atoms in total. The fraction of sp³-hybridized carbons (Fsp3) is 0.296. The predicted octanol–water partition coefficient (Wildman–Crippen LogP) is 5.10. The summed E-state index contributed by atoms with van der Waals surface area (Å²) in [6, 6.07) is 18.8. The van der Waals surface area contributed by atoms with Gasteiger partial charge in [0.25, 0.3) is 0 Å². The molecule has 1 atom stereocenters. The lowest BCUT2D eigenvalue weighted by Gasteiger charge is -2.14.